The molecule has 140 valence electrons. The van der Waals surface area contributed by atoms with Gasteiger partial charge in [-0.3, -0.25) is 5.43 Å². The normalized spacial score (nSPS) is 10.8. The molecule has 1 N–H and O–H groups in total. The van der Waals surface area contributed by atoms with Gasteiger partial charge in [-0.2, -0.15) is 5.10 Å². The summed E-state index contributed by atoms with van der Waals surface area (Å²) < 4.78 is 16.4. The molecule has 0 radical (unpaired) electrons. The van der Waals surface area contributed by atoms with Crippen LogP contribution in [0.2, 0.25) is 0 Å². The number of ether oxygens (including phenoxy) is 3. The molecular formula is C20H21N3O3S. The van der Waals surface area contributed by atoms with E-state index in [-0.39, 0.29) is 0 Å². The summed E-state index contributed by atoms with van der Waals surface area (Å²) >= 11 is 1.47. The van der Waals surface area contributed by atoms with Crippen LogP contribution in [0, 0.1) is 0 Å². The van der Waals surface area contributed by atoms with Gasteiger partial charge in [0.15, 0.2) is 11.5 Å². The summed E-state index contributed by atoms with van der Waals surface area (Å²) in [7, 11) is 3.27. The van der Waals surface area contributed by atoms with Crippen molar-refractivity contribution in [2.45, 2.75) is 6.92 Å². The standard InChI is InChI=1S/C20H21N3O3S/c1-4-26-18-11-7-8-14(19(18)25-3)12-21-23-20-22-16(13-27-20)15-9-5-6-10-17(15)24-2/h5-13H,4H2,1-3H3,(H,22,23)/b21-12-. The zero-order valence-electron chi connectivity index (χ0n) is 15.4. The highest BCUT2D eigenvalue weighted by molar-refractivity contribution is 7.14. The number of anilines is 1. The van der Waals surface area contributed by atoms with Crippen LogP contribution in [0.1, 0.15) is 12.5 Å². The van der Waals surface area contributed by atoms with Gasteiger partial charge >= 0.3 is 0 Å². The highest BCUT2D eigenvalue weighted by Crippen LogP contribution is 2.32. The minimum atomic E-state index is 0.569. The minimum Gasteiger partial charge on any atom is -0.496 e. The first-order valence-electron chi connectivity index (χ1n) is 8.44. The van der Waals surface area contributed by atoms with Crippen LogP contribution in [0.15, 0.2) is 52.9 Å². The molecule has 0 amide bonds. The Balaban J connectivity index is 1.75. The molecule has 1 aromatic heterocycles. The summed E-state index contributed by atoms with van der Waals surface area (Å²) in [5.74, 6) is 2.13. The smallest absolute Gasteiger partial charge is 0.203 e. The molecule has 0 fully saturated rings. The van der Waals surface area contributed by atoms with Crippen molar-refractivity contribution in [2.24, 2.45) is 5.10 Å². The summed E-state index contributed by atoms with van der Waals surface area (Å²) in [6, 6.07) is 13.5. The summed E-state index contributed by atoms with van der Waals surface area (Å²) in [6.45, 7) is 2.50. The number of methoxy groups -OCH3 is 2. The first-order chi connectivity index (χ1) is 13.3. The Morgan fingerprint density at radius 3 is 2.67 bits per heavy atom. The molecule has 0 aliphatic rings. The van der Waals surface area contributed by atoms with Gasteiger partial charge in [0.05, 0.1) is 32.7 Å². The van der Waals surface area contributed by atoms with Crippen LogP contribution < -0.4 is 19.6 Å². The van der Waals surface area contributed by atoms with E-state index in [9.17, 15) is 0 Å². The van der Waals surface area contributed by atoms with Crippen molar-refractivity contribution in [1.82, 2.24) is 4.98 Å². The van der Waals surface area contributed by atoms with Gasteiger partial charge in [-0.1, -0.05) is 18.2 Å². The fraction of sp³-hybridized carbons (Fsp3) is 0.200. The maximum Gasteiger partial charge on any atom is 0.203 e. The van der Waals surface area contributed by atoms with Crippen molar-refractivity contribution >= 4 is 22.7 Å². The number of nitrogens with one attached hydrogen (secondary N) is 1. The predicted molar refractivity (Wildman–Crippen MR) is 109 cm³/mol. The molecule has 0 bridgehead atoms. The largest absolute Gasteiger partial charge is 0.496 e. The van der Waals surface area contributed by atoms with Gasteiger partial charge in [0, 0.05) is 16.5 Å². The molecular weight excluding hydrogens is 362 g/mol. The molecule has 0 saturated heterocycles. The number of hydrogen-bond acceptors (Lipinski definition) is 7. The lowest BCUT2D eigenvalue weighted by Gasteiger charge is -2.11. The summed E-state index contributed by atoms with van der Waals surface area (Å²) in [5.41, 5.74) is 5.56. The average Bonchev–Trinajstić information content (AvgIpc) is 3.17. The van der Waals surface area contributed by atoms with E-state index >= 15 is 0 Å². The van der Waals surface area contributed by atoms with Crippen molar-refractivity contribution in [2.75, 3.05) is 26.3 Å². The second-order valence-corrected chi connectivity index (χ2v) is 6.28. The van der Waals surface area contributed by atoms with Crippen LogP contribution >= 0.6 is 11.3 Å². The van der Waals surface area contributed by atoms with E-state index < -0.39 is 0 Å². The molecule has 0 aliphatic carbocycles. The first-order valence-corrected chi connectivity index (χ1v) is 9.32. The quantitative estimate of drug-likeness (QED) is 0.452. The number of aromatic nitrogens is 1. The maximum atomic E-state index is 5.58. The van der Waals surface area contributed by atoms with E-state index in [2.05, 4.69) is 15.5 Å². The number of thiazole rings is 1. The van der Waals surface area contributed by atoms with E-state index in [4.69, 9.17) is 14.2 Å². The Morgan fingerprint density at radius 1 is 1.07 bits per heavy atom. The van der Waals surface area contributed by atoms with E-state index in [1.807, 2.05) is 54.8 Å². The molecule has 7 heteroatoms. The van der Waals surface area contributed by atoms with Crippen molar-refractivity contribution < 1.29 is 14.2 Å². The van der Waals surface area contributed by atoms with E-state index in [1.165, 1.54) is 11.3 Å². The molecule has 0 unspecified atom stereocenters. The van der Waals surface area contributed by atoms with Crippen molar-refractivity contribution in [3.05, 3.63) is 53.4 Å². The lowest BCUT2D eigenvalue weighted by atomic mass is 10.1. The average molecular weight is 383 g/mol. The van der Waals surface area contributed by atoms with Crippen molar-refractivity contribution in [3.63, 3.8) is 0 Å². The Bertz CT molecular complexity index is 924. The fourth-order valence-corrected chi connectivity index (χ4v) is 3.24. The summed E-state index contributed by atoms with van der Waals surface area (Å²) in [5, 5.41) is 6.93. The van der Waals surface area contributed by atoms with Crippen LogP contribution in [-0.2, 0) is 0 Å². The number of benzene rings is 2. The number of rotatable bonds is 8. The monoisotopic (exact) mass is 383 g/mol. The number of hydrazone groups is 1. The molecule has 0 atom stereocenters. The van der Waals surface area contributed by atoms with Crippen molar-refractivity contribution in [3.8, 4) is 28.5 Å². The summed E-state index contributed by atoms with van der Waals surface area (Å²) in [6.07, 6.45) is 1.69. The third kappa shape index (κ3) is 4.38. The highest BCUT2D eigenvalue weighted by Gasteiger charge is 2.10. The molecule has 2 aromatic carbocycles. The predicted octanol–water partition coefficient (Wildman–Crippen LogP) is 4.67. The van der Waals surface area contributed by atoms with Crippen LogP contribution in [0.25, 0.3) is 11.3 Å². The van der Waals surface area contributed by atoms with E-state index in [1.54, 1.807) is 20.4 Å². The minimum absolute atomic E-state index is 0.569. The van der Waals surface area contributed by atoms with Gasteiger partial charge in [-0.25, -0.2) is 4.98 Å². The topological polar surface area (TPSA) is 65.0 Å². The molecule has 3 aromatic rings. The molecule has 0 aliphatic heterocycles. The van der Waals surface area contributed by atoms with Crippen LogP contribution in [0.5, 0.6) is 17.2 Å². The Kier molecular flexibility index (Phi) is 6.27. The Morgan fingerprint density at radius 2 is 1.89 bits per heavy atom. The van der Waals surface area contributed by atoms with Gasteiger partial charge < -0.3 is 14.2 Å². The van der Waals surface area contributed by atoms with Crippen LogP contribution in [0.4, 0.5) is 5.13 Å². The lowest BCUT2D eigenvalue weighted by Crippen LogP contribution is -1.99. The van der Waals surface area contributed by atoms with Gasteiger partial charge in [-0.15, -0.1) is 11.3 Å². The second-order valence-electron chi connectivity index (χ2n) is 5.42. The third-order valence-electron chi connectivity index (χ3n) is 3.76. The van der Waals surface area contributed by atoms with Crippen molar-refractivity contribution in [1.29, 1.82) is 0 Å². The van der Waals surface area contributed by atoms with Gasteiger partial charge in [-0.05, 0) is 31.2 Å². The number of nitrogens with zero attached hydrogens (tertiary/aromatic N) is 2. The Hall–Kier alpha value is -3.06. The second kappa shape index (κ2) is 9.05. The van der Waals surface area contributed by atoms with Gasteiger partial charge in [0.1, 0.15) is 5.75 Å². The number of para-hydroxylation sites is 2. The SMILES string of the molecule is CCOc1cccc(/C=N\Nc2nc(-c3ccccc3OC)cs2)c1OC. The summed E-state index contributed by atoms with van der Waals surface area (Å²) in [4.78, 5) is 4.57. The lowest BCUT2D eigenvalue weighted by molar-refractivity contribution is 0.311. The van der Waals surface area contributed by atoms with Gasteiger partial charge in [0.25, 0.3) is 0 Å². The van der Waals surface area contributed by atoms with E-state index in [0.717, 1.165) is 22.6 Å². The Labute approximate surface area is 162 Å². The molecule has 6 nitrogen and oxygen atoms in total. The molecule has 1 heterocycles. The number of hydrogen-bond donors (Lipinski definition) is 1. The molecule has 0 spiro atoms. The van der Waals surface area contributed by atoms with Crippen LogP contribution in [0.3, 0.4) is 0 Å². The van der Waals surface area contributed by atoms with Crippen LogP contribution in [-0.4, -0.2) is 32.0 Å². The molecule has 3 rings (SSSR count). The zero-order valence-corrected chi connectivity index (χ0v) is 16.2. The maximum absolute atomic E-state index is 5.58. The third-order valence-corrected chi connectivity index (χ3v) is 4.51. The molecule has 27 heavy (non-hydrogen) atoms. The molecule has 0 saturated carbocycles. The highest BCUT2D eigenvalue weighted by atomic mass is 32.1. The first kappa shape index (κ1) is 18.7. The van der Waals surface area contributed by atoms with E-state index in [0.29, 0.717) is 23.2 Å². The fourth-order valence-electron chi connectivity index (χ4n) is 2.58. The zero-order chi connectivity index (χ0) is 19.1. The van der Waals surface area contributed by atoms with Gasteiger partial charge in [0.2, 0.25) is 5.13 Å².